The van der Waals surface area contributed by atoms with Crippen LogP contribution in [0.1, 0.15) is 68.1 Å². The molecule has 1 saturated heterocycles. The SMILES string of the molecule is CCOc1ccc2[nH]c(=O)c([C@H](c3nnnn3C3CCCCC3)N3CCN(Cc4ccccc4)CC3)cc2c1. The molecule has 2 aromatic heterocycles. The second-order valence-corrected chi connectivity index (χ2v) is 10.7. The van der Waals surface area contributed by atoms with Crippen LogP contribution < -0.4 is 10.3 Å². The van der Waals surface area contributed by atoms with Gasteiger partial charge in [0.1, 0.15) is 11.8 Å². The van der Waals surface area contributed by atoms with Crippen molar-refractivity contribution in [3.05, 3.63) is 81.9 Å². The van der Waals surface area contributed by atoms with Crippen LogP contribution in [-0.4, -0.2) is 67.8 Å². The van der Waals surface area contributed by atoms with Gasteiger partial charge in [0.2, 0.25) is 0 Å². The lowest BCUT2D eigenvalue weighted by Gasteiger charge is -2.39. The van der Waals surface area contributed by atoms with E-state index in [0.29, 0.717) is 12.2 Å². The van der Waals surface area contributed by atoms with Crippen molar-refractivity contribution in [2.75, 3.05) is 32.8 Å². The van der Waals surface area contributed by atoms with E-state index in [-0.39, 0.29) is 17.6 Å². The molecule has 1 N–H and O–H groups in total. The number of tetrazole rings is 1. The molecular weight excluding hydrogens is 490 g/mol. The fourth-order valence-corrected chi connectivity index (χ4v) is 6.15. The Morgan fingerprint density at radius 2 is 1.79 bits per heavy atom. The van der Waals surface area contributed by atoms with Crippen LogP contribution >= 0.6 is 0 Å². The number of nitrogens with one attached hydrogen (secondary N) is 1. The van der Waals surface area contributed by atoms with Gasteiger partial charge in [-0.15, -0.1) is 5.10 Å². The van der Waals surface area contributed by atoms with Crippen LogP contribution in [0.15, 0.2) is 59.4 Å². The Balaban J connectivity index is 1.35. The number of aromatic amines is 1. The first-order valence-electron chi connectivity index (χ1n) is 14.3. The normalized spacial score (nSPS) is 18.4. The minimum Gasteiger partial charge on any atom is -0.494 e. The van der Waals surface area contributed by atoms with E-state index in [9.17, 15) is 4.79 Å². The first kappa shape index (κ1) is 25.7. The Labute approximate surface area is 228 Å². The Morgan fingerprint density at radius 3 is 2.56 bits per heavy atom. The number of rotatable bonds is 8. The number of benzene rings is 2. The molecule has 0 spiro atoms. The molecule has 6 rings (SSSR count). The average molecular weight is 528 g/mol. The van der Waals surface area contributed by atoms with E-state index >= 15 is 0 Å². The van der Waals surface area contributed by atoms with E-state index in [1.165, 1.54) is 24.8 Å². The first-order chi connectivity index (χ1) is 19.2. The minimum absolute atomic E-state index is 0.0958. The Morgan fingerprint density at radius 1 is 1.00 bits per heavy atom. The van der Waals surface area contributed by atoms with Crippen molar-refractivity contribution in [1.29, 1.82) is 0 Å². The summed E-state index contributed by atoms with van der Waals surface area (Å²) in [6.07, 6.45) is 5.77. The van der Waals surface area contributed by atoms with Gasteiger partial charge in [0.05, 0.1) is 12.6 Å². The first-order valence-corrected chi connectivity index (χ1v) is 14.3. The van der Waals surface area contributed by atoms with E-state index in [0.717, 1.165) is 68.0 Å². The third-order valence-corrected chi connectivity index (χ3v) is 8.15. The molecule has 39 heavy (non-hydrogen) atoms. The summed E-state index contributed by atoms with van der Waals surface area (Å²) in [6.45, 7) is 6.97. The number of pyridine rings is 1. The van der Waals surface area contributed by atoms with Crippen molar-refractivity contribution >= 4 is 10.9 Å². The molecule has 3 heterocycles. The summed E-state index contributed by atoms with van der Waals surface area (Å²) in [5.41, 5.74) is 2.70. The van der Waals surface area contributed by atoms with Crippen molar-refractivity contribution in [3.8, 4) is 5.75 Å². The molecule has 1 aliphatic heterocycles. The van der Waals surface area contributed by atoms with Gasteiger partial charge < -0.3 is 9.72 Å². The lowest BCUT2D eigenvalue weighted by Crippen LogP contribution is -2.48. The number of fused-ring (bicyclic) bond motifs is 1. The van der Waals surface area contributed by atoms with Gasteiger partial charge in [0.25, 0.3) is 5.56 Å². The molecule has 0 unspecified atom stereocenters. The molecule has 1 atom stereocenters. The maximum atomic E-state index is 13.6. The Bertz CT molecular complexity index is 1440. The van der Waals surface area contributed by atoms with Gasteiger partial charge in [-0.3, -0.25) is 14.6 Å². The highest BCUT2D eigenvalue weighted by Gasteiger charge is 2.34. The quantitative estimate of drug-likeness (QED) is 0.365. The van der Waals surface area contributed by atoms with E-state index in [2.05, 4.69) is 60.6 Å². The van der Waals surface area contributed by atoms with Crippen molar-refractivity contribution in [2.24, 2.45) is 0 Å². The minimum atomic E-state index is -0.329. The molecule has 2 fully saturated rings. The molecule has 9 nitrogen and oxygen atoms in total. The zero-order chi connectivity index (χ0) is 26.6. The van der Waals surface area contributed by atoms with Gasteiger partial charge >= 0.3 is 0 Å². The molecular formula is C30H37N7O2. The summed E-state index contributed by atoms with van der Waals surface area (Å²) in [7, 11) is 0. The number of piperazine rings is 1. The highest BCUT2D eigenvalue weighted by atomic mass is 16.5. The highest BCUT2D eigenvalue weighted by Crippen LogP contribution is 2.34. The molecule has 0 radical (unpaired) electrons. The number of nitrogens with zero attached hydrogens (tertiary/aromatic N) is 6. The summed E-state index contributed by atoms with van der Waals surface area (Å²) in [5.74, 6) is 1.56. The van der Waals surface area contributed by atoms with Crippen LogP contribution in [0.25, 0.3) is 10.9 Å². The second-order valence-electron chi connectivity index (χ2n) is 10.7. The molecule has 4 aromatic rings. The lowest BCUT2D eigenvalue weighted by molar-refractivity contribution is 0.0982. The van der Waals surface area contributed by atoms with Crippen LogP contribution in [0.5, 0.6) is 5.75 Å². The van der Waals surface area contributed by atoms with Crippen LogP contribution in [0.3, 0.4) is 0 Å². The number of hydrogen-bond donors (Lipinski definition) is 1. The summed E-state index contributed by atoms with van der Waals surface area (Å²) in [4.78, 5) is 21.6. The smallest absolute Gasteiger partial charge is 0.253 e. The molecule has 2 aromatic carbocycles. The fourth-order valence-electron chi connectivity index (χ4n) is 6.15. The summed E-state index contributed by atoms with van der Waals surface area (Å²) in [5, 5.41) is 14.1. The predicted molar refractivity (Wildman–Crippen MR) is 151 cm³/mol. The van der Waals surface area contributed by atoms with Crippen molar-refractivity contribution < 1.29 is 4.74 Å². The second kappa shape index (κ2) is 11.7. The fraction of sp³-hybridized carbons (Fsp3) is 0.467. The lowest BCUT2D eigenvalue weighted by atomic mass is 9.95. The average Bonchev–Trinajstić information content (AvgIpc) is 3.45. The maximum Gasteiger partial charge on any atom is 0.253 e. The van der Waals surface area contributed by atoms with Crippen LogP contribution in [0.4, 0.5) is 0 Å². The molecule has 9 heteroatoms. The topological polar surface area (TPSA) is 92.2 Å². The van der Waals surface area contributed by atoms with E-state index in [4.69, 9.17) is 4.74 Å². The predicted octanol–water partition coefficient (Wildman–Crippen LogP) is 4.33. The zero-order valence-electron chi connectivity index (χ0n) is 22.6. The van der Waals surface area contributed by atoms with E-state index < -0.39 is 0 Å². The van der Waals surface area contributed by atoms with Gasteiger partial charge in [-0.2, -0.15) is 0 Å². The summed E-state index contributed by atoms with van der Waals surface area (Å²) < 4.78 is 7.76. The Kier molecular flexibility index (Phi) is 7.69. The zero-order valence-corrected chi connectivity index (χ0v) is 22.6. The third kappa shape index (κ3) is 5.60. The van der Waals surface area contributed by atoms with Gasteiger partial charge in [0, 0.05) is 49.2 Å². The number of H-pyrrole nitrogens is 1. The van der Waals surface area contributed by atoms with Crippen LogP contribution in [0, 0.1) is 0 Å². The van der Waals surface area contributed by atoms with Crippen LogP contribution in [-0.2, 0) is 6.54 Å². The van der Waals surface area contributed by atoms with Gasteiger partial charge in [-0.25, -0.2) is 4.68 Å². The van der Waals surface area contributed by atoms with Crippen molar-refractivity contribution in [1.82, 2.24) is 35.0 Å². The largest absolute Gasteiger partial charge is 0.494 e. The number of aromatic nitrogens is 5. The van der Waals surface area contributed by atoms with Crippen molar-refractivity contribution in [3.63, 3.8) is 0 Å². The summed E-state index contributed by atoms with van der Waals surface area (Å²) in [6, 6.07) is 18.4. The highest BCUT2D eigenvalue weighted by molar-refractivity contribution is 5.80. The number of ether oxygens (including phenoxy) is 1. The summed E-state index contributed by atoms with van der Waals surface area (Å²) >= 11 is 0. The maximum absolute atomic E-state index is 13.6. The number of hydrogen-bond acceptors (Lipinski definition) is 7. The Hall–Kier alpha value is -3.56. The molecule has 1 saturated carbocycles. The van der Waals surface area contributed by atoms with Crippen LogP contribution in [0.2, 0.25) is 0 Å². The molecule has 0 bridgehead atoms. The molecule has 1 aliphatic carbocycles. The van der Waals surface area contributed by atoms with E-state index in [1.807, 2.05) is 35.9 Å². The standard InChI is InChI=1S/C30H37N7O2/c1-2-39-25-13-14-27-23(19-25)20-26(30(38)31-27)28(29-32-33-34-37(29)24-11-7-4-8-12-24)36-17-15-35(16-18-36)21-22-9-5-3-6-10-22/h3,5-6,9-10,13-14,19-20,24,28H,2,4,7-8,11-12,15-18,21H2,1H3,(H,31,38)/t28-/m1/s1. The van der Waals surface area contributed by atoms with E-state index in [1.54, 1.807) is 0 Å². The van der Waals surface area contributed by atoms with Gasteiger partial charge in [-0.1, -0.05) is 49.6 Å². The van der Waals surface area contributed by atoms with Gasteiger partial charge in [-0.05, 0) is 60.0 Å². The molecule has 0 amide bonds. The van der Waals surface area contributed by atoms with Crippen molar-refractivity contribution in [2.45, 2.75) is 57.7 Å². The molecule has 204 valence electrons. The van der Waals surface area contributed by atoms with Gasteiger partial charge in [0.15, 0.2) is 5.82 Å². The monoisotopic (exact) mass is 527 g/mol. The molecule has 2 aliphatic rings. The third-order valence-electron chi connectivity index (χ3n) is 8.15.